The van der Waals surface area contributed by atoms with Gasteiger partial charge in [-0.05, 0) is 39.3 Å². The number of hydrogen-bond donors (Lipinski definition) is 2. The van der Waals surface area contributed by atoms with E-state index in [0.29, 0.717) is 18.5 Å². The van der Waals surface area contributed by atoms with Gasteiger partial charge in [-0.25, -0.2) is 0 Å². The van der Waals surface area contributed by atoms with Crippen molar-refractivity contribution >= 4 is 5.96 Å². The minimum absolute atomic E-state index is 0.533. The molecule has 0 spiro atoms. The summed E-state index contributed by atoms with van der Waals surface area (Å²) in [5.41, 5.74) is 6.87. The van der Waals surface area contributed by atoms with E-state index < -0.39 is 0 Å². The predicted octanol–water partition coefficient (Wildman–Crippen LogP) is 1.34. The van der Waals surface area contributed by atoms with Gasteiger partial charge >= 0.3 is 0 Å². The van der Waals surface area contributed by atoms with Gasteiger partial charge in [0, 0.05) is 12.6 Å². The number of rotatable bonds is 6. The molecule has 3 N–H and O–H groups in total. The zero-order chi connectivity index (χ0) is 12.7. The van der Waals surface area contributed by atoms with E-state index in [0.717, 1.165) is 18.5 Å². The first-order chi connectivity index (χ1) is 8.13. The molecule has 1 fully saturated rings. The Kier molecular flexibility index (Phi) is 6.05. The van der Waals surface area contributed by atoms with Crippen molar-refractivity contribution in [3.8, 4) is 0 Å². The normalized spacial score (nSPS) is 19.3. The molecule has 0 saturated carbocycles. The fourth-order valence-corrected chi connectivity index (χ4v) is 2.11. The third kappa shape index (κ3) is 5.22. The van der Waals surface area contributed by atoms with E-state index in [4.69, 9.17) is 5.73 Å². The first-order valence-electron chi connectivity index (χ1n) is 6.55. The van der Waals surface area contributed by atoms with Crippen LogP contribution in [0.5, 0.6) is 0 Å². The van der Waals surface area contributed by atoms with Crippen molar-refractivity contribution in [1.82, 2.24) is 10.2 Å². The highest BCUT2D eigenvalue weighted by molar-refractivity contribution is 5.78. The topological polar surface area (TPSA) is 53.6 Å². The highest BCUT2D eigenvalue weighted by Crippen LogP contribution is 2.14. The zero-order valence-corrected chi connectivity index (χ0v) is 11.2. The summed E-state index contributed by atoms with van der Waals surface area (Å²) in [4.78, 5) is 6.94. The van der Waals surface area contributed by atoms with E-state index in [1.807, 2.05) is 6.92 Å². The Labute approximate surface area is 105 Å². The van der Waals surface area contributed by atoms with Gasteiger partial charge in [-0.3, -0.25) is 9.89 Å². The molecule has 1 aliphatic rings. The van der Waals surface area contributed by atoms with E-state index in [2.05, 4.69) is 28.7 Å². The molecule has 1 unspecified atom stereocenters. The summed E-state index contributed by atoms with van der Waals surface area (Å²) < 4.78 is 0. The molecule has 4 nitrogen and oxygen atoms in total. The summed E-state index contributed by atoms with van der Waals surface area (Å²) in [6.07, 6.45) is 3.78. The van der Waals surface area contributed by atoms with Crippen molar-refractivity contribution in [2.45, 2.75) is 39.2 Å². The smallest absolute Gasteiger partial charge is 0.188 e. The van der Waals surface area contributed by atoms with Gasteiger partial charge in [0.1, 0.15) is 0 Å². The molecule has 4 heteroatoms. The van der Waals surface area contributed by atoms with Crippen LogP contribution < -0.4 is 11.1 Å². The van der Waals surface area contributed by atoms with Crippen molar-refractivity contribution in [3.05, 3.63) is 12.2 Å². The van der Waals surface area contributed by atoms with Gasteiger partial charge in [-0.1, -0.05) is 19.1 Å². The molecule has 17 heavy (non-hydrogen) atoms. The maximum atomic E-state index is 5.80. The van der Waals surface area contributed by atoms with Gasteiger partial charge in [-0.15, -0.1) is 0 Å². The van der Waals surface area contributed by atoms with Crippen LogP contribution in [0.25, 0.3) is 0 Å². The Hall–Kier alpha value is -1.03. The molecule has 0 aromatic carbocycles. The van der Waals surface area contributed by atoms with Crippen LogP contribution in [0.3, 0.4) is 0 Å². The minimum atomic E-state index is 0.533. The van der Waals surface area contributed by atoms with Crippen molar-refractivity contribution in [2.24, 2.45) is 10.7 Å². The summed E-state index contributed by atoms with van der Waals surface area (Å²) in [7, 11) is 0. The molecule has 0 aromatic rings. The molecule has 0 bridgehead atoms. The number of nitrogens with two attached hydrogens (primary N) is 1. The molecular formula is C13H26N4. The zero-order valence-electron chi connectivity index (χ0n) is 11.2. The lowest BCUT2D eigenvalue weighted by Crippen LogP contribution is -2.37. The molecule has 1 aliphatic heterocycles. The monoisotopic (exact) mass is 238 g/mol. The summed E-state index contributed by atoms with van der Waals surface area (Å²) in [5, 5.41) is 3.06. The Morgan fingerprint density at radius 1 is 1.47 bits per heavy atom. The summed E-state index contributed by atoms with van der Waals surface area (Å²) in [6.45, 7) is 11.9. The molecule has 0 amide bonds. The molecule has 1 heterocycles. The lowest BCUT2D eigenvalue weighted by Gasteiger charge is -2.24. The minimum Gasteiger partial charge on any atom is -0.370 e. The van der Waals surface area contributed by atoms with Crippen molar-refractivity contribution < 1.29 is 0 Å². The number of aliphatic imine (C=N–C) groups is 1. The molecular weight excluding hydrogens is 212 g/mol. The first kappa shape index (κ1) is 14.0. The number of likely N-dealkylation sites (tertiary alicyclic amines) is 1. The average Bonchev–Trinajstić information content (AvgIpc) is 2.81. The lowest BCUT2D eigenvalue weighted by molar-refractivity contribution is 0.242. The predicted molar refractivity (Wildman–Crippen MR) is 74.2 cm³/mol. The second-order valence-corrected chi connectivity index (χ2v) is 4.84. The average molecular weight is 238 g/mol. The Balaban J connectivity index is 2.34. The number of guanidine groups is 1. The van der Waals surface area contributed by atoms with Crippen molar-refractivity contribution in [1.29, 1.82) is 0 Å². The van der Waals surface area contributed by atoms with Crippen LogP contribution in [0.1, 0.15) is 33.1 Å². The lowest BCUT2D eigenvalue weighted by atomic mass is 10.2. The number of hydrogen-bond acceptors (Lipinski definition) is 2. The van der Waals surface area contributed by atoms with Gasteiger partial charge < -0.3 is 11.1 Å². The van der Waals surface area contributed by atoms with E-state index in [1.165, 1.54) is 25.9 Å². The molecule has 0 aliphatic carbocycles. The highest BCUT2D eigenvalue weighted by atomic mass is 15.2. The molecule has 0 radical (unpaired) electrons. The molecule has 98 valence electrons. The second kappa shape index (κ2) is 7.33. The van der Waals surface area contributed by atoms with E-state index in [1.54, 1.807) is 0 Å². The van der Waals surface area contributed by atoms with Crippen LogP contribution in [0.2, 0.25) is 0 Å². The van der Waals surface area contributed by atoms with Crippen molar-refractivity contribution in [3.63, 3.8) is 0 Å². The second-order valence-electron chi connectivity index (χ2n) is 4.84. The quantitative estimate of drug-likeness (QED) is 0.417. The van der Waals surface area contributed by atoms with Gasteiger partial charge in [0.05, 0.1) is 6.54 Å². The number of nitrogens with zero attached hydrogens (tertiary/aromatic N) is 2. The van der Waals surface area contributed by atoms with Crippen LogP contribution in [0, 0.1) is 0 Å². The summed E-state index contributed by atoms with van der Waals surface area (Å²) >= 11 is 0. The third-order valence-corrected chi connectivity index (χ3v) is 3.17. The maximum Gasteiger partial charge on any atom is 0.188 e. The van der Waals surface area contributed by atoms with E-state index in [9.17, 15) is 0 Å². The van der Waals surface area contributed by atoms with Crippen LogP contribution in [-0.4, -0.2) is 43.1 Å². The molecule has 0 aromatic heterocycles. The van der Waals surface area contributed by atoms with Crippen molar-refractivity contribution in [2.75, 3.05) is 26.2 Å². The summed E-state index contributed by atoms with van der Waals surface area (Å²) in [6, 6.07) is 0.544. The number of nitrogens with one attached hydrogen (secondary N) is 1. The maximum absolute atomic E-state index is 5.80. The SMILES string of the molecule is C=C(C)CNC(N)=NCC(CC)N1CCCC1. The van der Waals surface area contributed by atoms with Crippen LogP contribution in [0.15, 0.2) is 17.1 Å². The van der Waals surface area contributed by atoms with Crippen LogP contribution in [-0.2, 0) is 0 Å². The summed E-state index contributed by atoms with van der Waals surface area (Å²) in [5.74, 6) is 0.533. The molecule has 1 saturated heterocycles. The molecule has 1 atom stereocenters. The molecule has 1 rings (SSSR count). The standard InChI is InChI=1S/C13H26N4/c1-4-12(17-7-5-6-8-17)10-16-13(14)15-9-11(2)3/h12H,2,4-10H2,1,3H3,(H3,14,15,16). The third-order valence-electron chi connectivity index (χ3n) is 3.17. The fraction of sp³-hybridized carbons (Fsp3) is 0.769. The van der Waals surface area contributed by atoms with Crippen LogP contribution >= 0.6 is 0 Å². The van der Waals surface area contributed by atoms with Gasteiger partial charge in [0.15, 0.2) is 5.96 Å². The Morgan fingerprint density at radius 3 is 2.65 bits per heavy atom. The first-order valence-corrected chi connectivity index (χ1v) is 6.55. The Bertz CT molecular complexity index is 267. The van der Waals surface area contributed by atoms with Crippen LogP contribution in [0.4, 0.5) is 0 Å². The Morgan fingerprint density at radius 2 is 2.12 bits per heavy atom. The van der Waals surface area contributed by atoms with Gasteiger partial charge in [0.2, 0.25) is 0 Å². The highest BCUT2D eigenvalue weighted by Gasteiger charge is 2.19. The van der Waals surface area contributed by atoms with Gasteiger partial charge in [-0.2, -0.15) is 0 Å². The van der Waals surface area contributed by atoms with Gasteiger partial charge in [0.25, 0.3) is 0 Å². The van der Waals surface area contributed by atoms with E-state index >= 15 is 0 Å². The fourth-order valence-electron chi connectivity index (χ4n) is 2.11. The largest absolute Gasteiger partial charge is 0.370 e. The van der Waals surface area contributed by atoms with E-state index in [-0.39, 0.29) is 0 Å².